The predicted molar refractivity (Wildman–Crippen MR) is 138 cm³/mol. The van der Waals surface area contributed by atoms with E-state index in [4.69, 9.17) is 44.1 Å². The van der Waals surface area contributed by atoms with Gasteiger partial charge in [-0.25, -0.2) is 0 Å². The fourth-order valence-electron chi connectivity index (χ4n) is 6.98. The normalized spacial score (nSPS) is 27.1. The molecule has 4 bridgehead atoms. The first-order valence-electron chi connectivity index (χ1n) is 12.0. The van der Waals surface area contributed by atoms with Crippen molar-refractivity contribution in [2.24, 2.45) is 17.8 Å². The second kappa shape index (κ2) is 8.28. The van der Waals surface area contributed by atoms with Crippen LogP contribution < -0.4 is 20.9 Å². The minimum absolute atomic E-state index is 0.125. The molecule has 176 valence electrons. The van der Waals surface area contributed by atoms with E-state index in [0.29, 0.717) is 38.7 Å². The summed E-state index contributed by atoms with van der Waals surface area (Å²) in [5, 5.41) is 1.01. The van der Waals surface area contributed by atoms with E-state index in [9.17, 15) is 0 Å². The van der Waals surface area contributed by atoms with Crippen molar-refractivity contribution in [3.8, 4) is 23.0 Å². The molecule has 0 spiro atoms. The van der Waals surface area contributed by atoms with Gasteiger partial charge >= 0.3 is 0 Å². The Morgan fingerprint density at radius 2 is 1.24 bits per heavy atom. The van der Waals surface area contributed by atoms with Crippen molar-refractivity contribution in [1.29, 1.82) is 0 Å². The van der Waals surface area contributed by atoms with Gasteiger partial charge in [-0.05, 0) is 92.0 Å². The van der Waals surface area contributed by atoms with Gasteiger partial charge < -0.3 is 20.9 Å². The second-order valence-corrected chi connectivity index (χ2v) is 11.2. The first kappa shape index (κ1) is 21.9. The van der Waals surface area contributed by atoms with Crippen LogP contribution in [0.3, 0.4) is 0 Å². The molecule has 0 aromatic heterocycles. The predicted octanol–water partition coefficient (Wildman–Crippen LogP) is 8.21. The number of para-hydroxylation sites is 1. The molecule has 0 saturated heterocycles. The standard InChI is InChI=1S/C28H28Cl2N2O2/c29-22-6-4-19(11-24(22)31)33-26-3-1-2-21(27(26)34-20-5-7-23(30)25(32)12-20)28-13-16-8-17(14-28)10-18(9-16)15-28/h1-7,11-12,16-18H,8-10,13-15,31-32H2. The lowest BCUT2D eigenvalue weighted by atomic mass is 9.48. The third-order valence-electron chi connectivity index (χ3n) is 7.97. The van der Waals surface area contributed by atoms with E-state index in [1.54, 1.807) is 24.3 Å². The molecule has 3 aromatic rings. The number of rotatable bonds is 5. The van der Waals surface area contributed by atoms with E-state index in [1.165, 1.54) is 44.1 Å². The molecule has 3 aromatic carbocycles. The quantitative estimate of drug-likeness (QED) is 0.350. The number of ether oxygens (including phenoxy) is 2. The maximum Gasteiger partial charge on any atom is 0.173 e. The van der Waals surface area contributed by atoms with Crippen LogP contribution in [0.4, 0.5) is 11.4 Å². The number of anilines is 2. The van der Waals surface area contributed by atoms with Crippen LogP contribution in [0.1, 0.15) is 44.1 Å². The summed E-state index contributed by atoms with van der Waals surface area (Å²) >= 11 is 12.3. The first-order valence-corrected chi connectivity index (χ1v) is 12.7. The summed E-state index contributed by atoms with van der Waals surface area (Å²) in [5.74, 6) is 5.09. The average molecular weight is 495 g/mol. The minimum atomic E-state index is 0.125. The summed E-state index contributed by atoms with van der Waals surface area (Å²) in [6, 6.07) is 16.9. The molecule has 4 saturated carbocycles. The van der Waals surface area contributed by atoms with Gasteiger partial charge in [0.05, 0.1) is 21.4 Å². The smallest absolute Gasteiger partial charge is 0.173 e. The SMILES string of the molecule is Nc1cc(Oc2cccc(C34CC5CC(CC(C5)C3)C4)c2Oc2ccc(Cl)c(N)c2)ccc1Cl. The Bertz CT molecular complexity index is 1220. The van der Waals surface area contributed by atoms with Crippen LogP contribution in [-0.4, -0.2) is 0 Å². The Hall–Kier alpha value is -2.56. The van der Waals surface area contributed by atoms with Crippen molar-refractivity contribution in [2.75, 3.05) is 11.5 Å². The van der Waals surface area contributed by atoms with Crippen LogP contribution in [0.15, 0.2) is 54.6 Å². The van der Waals surface area contributed by atoms with E-state index in [0.717, 1.165) is 23.5 Å². The van der Waals surface area contributed by atoms with Gasteiger partial charge in [-0.15, -0.1) is 0 Å². The van der Waals surface area contributed by atoms with Crippen LogP contribution in [0.5, 0.6) is 23.0 Å². The van der Waals surface area contributed by atoms with E-state index in [-0.39, 0.29) is 5.41 Å². The van der Waals surface area contributed by atoms with Crippen molar-refractivity contribution >= 4 is 34.6 Å². The first-order chi connectivity index (χ1) is 16.4. The molecule has 0 aliphatic heterocycles. The highest BCUT2D eigenvalue weighted by molar-refractivity contribution is 6.33. The maximum atomic E-state index is 6.57. The summed E-state index contributed by atoms with van der Waals surface area (Å²) in [5.41, 5.74) is 14.4. The number of nitrogens with two attached hydrogens (primary N) is 2. The van der Waals surface area contributed by atoms with Crippen molar-refractivity contribution in [3.05, 3.63) is 70.2 Å². The van der Waals surface area contributed by atoms with Crippen molar-refractivity contribution in [1.82, 2.24) is 0 Å². The lowest BCUT2D eigenvalue weighted by Gasteiger charge is -2.57. The third-order valence-corrected chi connectivity index (χ3v) is 8.66. The van der Waals surface area contributed by atoms with Gasteiger partial charge in [0.2, 0.25) is 0 Å². The molecular weight excluding hydrogens is 467 g/mol. The molecule has 4 fully saturated rings. The van der Waals surface area contributed by atoms with E-state index in [1.807, 2.05) is 18.2 Å². The molecule has 0 heterocycles. The lowest BCUT2D eigenvalue weighted by molar-refractivity contribution is -0.00608. The summed E-state index contributed by atoms with van der Waals surface area (Å²) in [7, 11) is 0. The molecule has 0 amide bonds. The lowest BCUT2D eigenvalue weighted by Crippen LogP contribution is -2.48. The fraction of sp³-hybridized carbons (Fsp3) is 0.357. The molecule has 4 aliphatic carbocycles. The summed E-state index contributed by atoms with van der Waals surface area (Å²) in [4.78, 5) is 0. The summed E-state index contributed by atoms with van der Waals surface area (Å²) < 4.78 is 12.9. The van der Waals surface area contributed by atoms with E-state index in [2.05, 4.69) is 12.1 Å². The molecule has 6 heteroatoms. The van der Waals surface area contributed by atoms with Gasteiger partial charge in [-0.3, -0.25) is 0 Å². The monoisotopic (exact) mass is 494 g/mol. The molecule has 34 heavy (non-hydrogen) atoms. The Kier molecular flexibility index (Phi) is 5.34. The number of nitrogen functional groups attached to an aromatic ring is 2. The van der Waals surface area contributed by atoms with Gasteiger partial charge in [0.1, 0.15) is 11.5 Å². The van der Waals surface area contributed by atoms with Crippen molar-refractivity contribution < 1.29 is 9.47 Å². The number of hydrogen-bond acceptors (Lipinski definition) is 4. The largest absolute Gasteiger partial charge is 0.453 e. The third kappa shape index (κ3) is 3.87. The minimum Gasteiger partial charge on any atom is -0.453 e. The van der Waals surface area contributed by atoms with Crippen molar-refractivity contribution in [2.45, 2.75) is 43.9 Å². The molecule has 0 radical (unpaired) electrons. The fourth-order valence-corrected chi connectivity index (χ4v) is 7.21. The number of benzene rings is 3. The zero-order chi connectivity index (χ0) is 23.4. The van der Waals surface area contributed by atoms with Crippen LogP contribution in [-0.2, 0) is 5.41 Å². The molecule has 0 unspecified atom stereocenters. The van der Waals surface area contributed by atoms with Crippen LogP contribution in [0.25, 0.3) is 0 Å². The highest BCUT2D eigenvalue weighted by atomic mass is 35.5. The van der Waals surface area contributed by atoms with Gasteiger partial charge in [0, 0.05) is 17.7 Å². The molecule has 7 rings (SSSR count). The van der Waals surface area contributed by atoms with Gasteiger partial charge in [-0.1, -0.05) is 35.3 Å². The zero-order valence-electron chi connectivity index (χ0n) is 18.9. The van der Waals surface area contributed by atoms with Crippen LogP contribution >= 0.6 is 23.2 Å². The average Bonchev–Trinajstić information content (AvgIpc) is 2.79. The highest BCUT2D eigenvalue weighted by Gasteiger charge is 2.52. The second-order valence-electron chi connectivity index (χ2n) is 10.4. The molecule has 4 N–H and O–H groups in total. The van der Waals surface area contributed by atoms with Gasteiger partial charge in [0.25, 0.3) is 0 Å². The topological polar surface area (TPSA) is 70.5 Å². The van der Waals surface area contributed by atoms with E-state index >= 15 is 0 Å². The van der Waals surface area contributed by atoms with Gasteiger partial charge in [-0.2, -0.15) is 0 Å². The molecule has 4 nitrogen and oxygen atoms in total. The van der Waals surface area contributed by atoms with E-state index < -0.39 is 0 Å². The van der Waals surface area contributed by atoms with Crippen LogP contribution in [0.2, 0.25) is 10.0 Å². The maximum absolute atomic E-state index is 6.57. The zero-order valence-corrected chi connectivity index (χ0v) is 20.4. The Balaban J connectivity index is 1.45. The summed E-state index contributed by atoms with van der Waals surface area (Å²) in [6.07, 6.45) is 7.79. The van der Waals surface area contributed by atoms with Gasteiger partial charge in [0.15, 0.2) is 11.5 Å². The summed E-state index contributed by atoms with van der Waals surface area (Å²) in [6.45, 7) is 0. The van der Waals surface area contributed by atoms with Crippen LogP contribution in [0, 0.1) is 17.8 Å². The Labute approximate surface area is 210 Å². The highest BCUT2D eigenvalue weighted by Crippen LogP contribution is 2.63. The van der Waals surface area contributed by atoms with Crippen molar-refractivity contribution in [3.63, 3.8) is 0 Å². The molecule has 4 aliphatic rings. The Morgan fingerprint density at radius 1 is 0.706 bits per heavy atom. The Morgan fingerprint density at radius 3 is 1.76 bits per heavy atom. The number of hydrogen-bond donors (Lipinski definition) is 2. The number of halogens is 2. The molecular formula is C28H28Cl2N2O2. The molecule has 0 atom stereocenters.